The second-order valence-electron chi connectivity index (χ2n) is 9.60. The first kappa shape index (κ1) is 20.5. The van der Waals surface area contributed by atoms with Gasteiger partial charge in [-0.3, -0.25) is 4.98 Å². The molecular weight excluding hydrogens is 439 g/mol. The minimum atomic E-state index is -0.270. The van der Waals surface area contributed by atoms with Crippen LogP contribution in [-0.2, 0) is 0 Å². The van der Waals surface area contributed by atoms with E-state index in [1.807, 2.05) is 30.6 Å². The number of nitrogens with one attached hydrogen (secondary N) is 1. The highest BCUT2D eigenvalue weighted by Gasteiger charge is 2.29. The maximum Gasteiger partial charge on any atom is 0.163 e. The second-order valence-corrected chi connectivity index (χ2v) is 9.60. The lowest BCUT2D eigenvalue weighted by atomic mass is 10.0. The van der Waals surface area contributed by atoms with E-state index in [4.69, 9.17) is 9.97 Å². The number of benzene rings is 1. The molecule has 0 spiro atoms. The Bertz CT molecular complexity index is 1570. The van der Waals surface area contributed by atoms with Crippen LogP contribution in [0.25, 0.3) is 44.6 Å². The fourth-order valence-electron chi connectivity index (χ4n) is 5.29. The average molecular weight is 465 g/mol. The van der Waals surface area contributed by atoms with Gasteiger partial charge in [0.15, 0.2) is 5.82 Å². The van der Waals surface area contributed by atoms with Gasteiger partial charge in [0.1, 0.15) is 17.3 Å². The van der Waals surface area contributed by atoms with Crippen molar-refractivity contribution in [3.8, 4) is 22.6 Å². The molecule has 0 bridgehead atoms. The van der Waals surface area contributed by atoms with Crippen LogP contribution in [0.5, 0.6) is 0 Å². The van der Waals surface area contributed by atoms with Crippen LogP contribution >= 0.6 is 0 Å². The summed E-state index contributed by atoms with van der Waals surface area (Å²) >= 11 is 0. The summed E-state index contributed by atoms with van der Waals surface area (Å²) < 4.78 is 14.5. The number of hydrogen-bond donors (Lipinski definition) is 1. The molecule has 1 aromatic carbocycles. The van der Waals surface area contributed by atoms with E-state index >= 15 is 0 Å². The van der Waals surface area contributed by atoms with Gasteiger partial charge in [-0.05, 0) is 67.9 Å². The SMILES string of the molecule is Fc1ccccc1-c1cc2c(-c3nc(N4CCCCC4)c4c(C5CC5)cncc4n3)ccnc2[nH]1. The van der Waals surface area contributed by atoms with E-state index < -0.39 is 0 Å². The predicted octanol–water partition coefficient (Wildman–Crippen LogP) is 6.24. The maximum absolute atomic E-state index is 14.5. The summed E-state index contributed by atoms with van der Waals surface area (Å²) in [5, 5.41) is 2.03. The van der Waals surface area contributed by atoms with E-state index in [2.05, 4.69) is 19.9 Å². The van der Waals surface area contributed by atoms with Gasteiger partial charge >= 0.3 is 0 Å². The van der Waals surface area contributed by atoms with Gasteiger partial charge in [0.25, 0.3) is 0 Å². The zero-order valence-electron chi connectivity index (χ0n) is 19.3. The number of nitrogens with zero attached hydrogens (tertiary/aromatic N) is 5. The molecule has 6 nitrogen and oxygen atoms in total. The summed E-state index contributed by atoms with van der Waals surface area (Å²) in [4.78, 5) is 24.9. The van der Waals surface area contributed by atoms with E-state index in [9.17, 15) is 4.39 Å². The molecule has 1 saturated heterocycles. The van der Waals surface area contributed by atoms with Crippen LogP contribution in [0.4, 0.5) is 10.2 Å². The number of hydrogen-bond acceptors (Lipinski definition) is 5. The number of halogens is 1. The van der Waals surface area contributed by atoms with E-state index in [-0.39, 0.29) is 5.82 Å². The van der Waals surface area contributed by atoms with Crippen molar-refractivity contribution in [3.05, 3.63) is 66.4 Å². The molecule has 4 aromatic heterocycles. The number of pyridine rings is 2. The molecule has 7 rings (SSSR count). The fourth-order valence-corrected chi connectivity index (χ4v) is 5.29. The first-order chi connectivity index (χ1) is 17.3. The van der Waals surface area contributed by atoms with Crippen molar-refractivity contribution in [2.45, 2.75) is 38.0 Å². The number of aromatic amines is 1. The summed E-state index contributed by atoms with van der Waals surface area (Å²) in [7, 11) is 0. The molecule has 1 aliphatic heterocycles. The minimum absolute atomic E-state index is 0.270. The first-order valence-corrected chi connectivity index (χ1v) is 12.4. The molecule has 1 saturated carbocycles. The lowest BCUT2D eigenvalue weighted by Gasteiger charge is -2.29. The molecule has 1 aliphatic carbocycles. The quantitative estimate of drug-likeness (QED) is 0.341. The molecule has 2 fully saturated rings. The third-order valence-corrected chi connectivity index (χ3v) is 7.23. The molecule has 2 aliphatic rings. The number of rotatable bonds is 4. The van der Waals surface area contributed by atoms with Crippen LogP contribution in [0.2, 0.25) is 0 Å². The van der Waals surface area contributed by atoms with Crippen molar-refractivity contribution in [1.82, 2.24) is 24.9 Å². The summed E-state index contributed by atoms with van der Waals surface area (Å²) in [5.74, 6) is 1.96. The van der Waals surface area contributed by atoms with Gasteiger partial charge < -0.3 is 9.88 Å². The Morgan fingerprint density at radius 2 is 1.80 bits per heavy atom. The third kappa shape index (κ3) is 3.53. The van der Waals surface area contributed by atoms with Gasteiger partial charge in [-0.25, -0.2) is 19.3 Å². The lowest BCUT2D eigenvalue weighted by Crippen LogP contribution is -2.30. The number of aromatic nitrogens is 5. The van der Waals surface area contributed by atoms with E-state index in [1.54, 1.807) is 18.3 Å². The van der Waals surface area contributed by atoms with E-state index in [1.165, 1.54) is 43.7 Å². The summed E-state index contributed by atoms with van der Waals surface area (Å²) in [5.41, 5.74) is 4.93. The Balaban J connectivity index is 1.44. The van der Waals surface area contributed by atoms with Crippen molar-refractivity contribution in [1.29, 1.82) is 0 Å². The molecule has 0 atom stereocenters. The molecule has 35 heavy (non-hydrogen) atoms. The molecule has 0 amide bonds. The van der Waals surface area contributed by atoms with Gasteiger partial charge in [0, 0.05) is 47.4 Å². The van der Waals surface area contributed by atoms with Gasteiger partial charge in [0.2, 0.25) is 0 Å². The Morgan fingerprint density at radius 3 is 2.63 bits per heavy atom. The molecule has 5 aromatic rings. The van der Waals surface area contributed by atoms with Crippen LogP contribution in [0.3, 0.4) is 0 Å². The monoisotopic (exact) mass is 464 g/mol. The van der Waals surface area contributed by atoms with E-state index in [0.29, 0.717) is 28.6 Å². The van der Waals surface area contributed by atoms with Gasteiger partial charge in [-0.2, -0.15) is 0 Å². The topological polar surface area (TPSA) is 70.6 Å². The maximum atomic E-state index is 14.5. The molecule has 0 unspecified atom stereocenters. The minimum Gasteiger partial charge on any atom is -0.356 e. The summed E-state index contributed by atoms with van der Waals surface area (Å²) in [6.45, 7) is 2.01. The van der Waals surface area contributed by atoms with Crippen molar-refractivity contribution in [3.63, 3.8) is 0 Å². The normalized spacial score (nSPS) is 16.3. The third-order valence-electron chi connectivity index (χ3n) is 7.23. The van der Waals surface area contributed by atoms with E-state index in [0.717, 1.165) is 40.8 Å². The number of fused-ring (bicyclic) bond motifs is 2. The van der Waals surface area contributed by atoms with Gasteiger partial charge in [-0.15, -0.1) is 0 Å². The molecule has 0 radical (unpaired) electrons. The van der Waals surface area contributed by atoms with Gasteiger partial charge in [0.05, 0.1) is 17.4 Å². The second kappa shape index (κ2) is 8.12. The molecule has 174 valence electrons. The predicted molar refractivity (Wildman–Crippen MR) is 136 cm³/mol. The largest absolute Gasteiger partial charge is 0.356 e. The van der Waals surface area contributed by atoms with Crippen LogP contribution in [0.1, 0.15) is 43.6 Å². The molecular formula is C28H25FN6. The highest BCUT2D eigenvalue weighted by Crippen LogP contribution is 2.45. The molecule has 1 N–H and O–H groups in total. The molecule has 7 heteroatoms. The van der Waals surface area contributed by atoms with Crippen molar-refractivity contribution < 1.29 is 4.39 Å². The van der Waals surface area contributed by atoms with Gasteiger partial charge in [-0.1, -0.05) is 12.1 Å². The van der Waals surface area contributed by atoms with Crippen LogP contribution in [0.15, 0.2) is 55.0 Å². The smallest absolute Gasteiger partial charge is 0.163 e. The van der Waals surface area contributed by atoms with Crippen molar-refractivity contribution in [2.75, 3.05) is 18.0 Å². The lowest BCUT2D eigenvalue weighted by molar-refractivity contribution is 0.574. The Hall–Kier alpha value is -3.87. The number of H-pyrrole nitrogens is 1. The molecule has 5 heterocycles. The number of anilines is 1. The van der Waals surface area contributed by atoms with Crippen LogP contribution in [0, 0.1) is 5.82 Å². The highest BCUT2D eigenvalue weighted by molar-refractivity contribution is 5.98. The van der Waals surface area contributed by atoms with Crippen molar-refractivity contribution in [2.24, 2.45) is 0 Å². The van der Waals surface area contributed by atoms with Crippen LogP contribution < -0.4 is 4.90 Å². The fraction of sp³-hybridized carbons (Fsp3) is 0.286. The Kier molecular flexibility index (Phi) is 4.75. The van der Waals surface area contributed by atoms with Crippen molar-refractivity contribution >= 4 is 27.8 Å². The van der Waals surface area contributed by atoms with Crippen LogP contribution in [-0.4, -0.2) is 38.0 Å². The average Bonchev–Trinajstić information content (AvgIpc) is 3.66. The number of piperidine rings is 1. The first-order valence-electron chi connectivity index (χ1n) is 12.4. The Morgan fingerprint density at radius 1 is 0.943 bits per heavy atom. The standard InChI is InChI=1S/C28H25FN6/c29-22-7-3-2-6-19(22)23-14-20-18(10-11-31-26(20)32-23)27-33-24-16-30-15-21(17-8-9-17)25(24)28(34-27)35-12-4-1-5-13-35/h2-3,6-7,10-11,14-17H,1,4-5,8-9,12-13H2,(H,31,32). The zero-order valence-corrected chi connectivity index (χ0v) is 19.3. The zero-order chi connectivity index (χ0) is 23.4. The summed E-state index contributed by atoms with van der Waals surface area (Å²) in [6, 6.07) is 10.7. The Labute approximate surface area is 202 Å². The summed E-state index contributed by atoms with van der Waals surface area (Å²) in [6.07, 6.45) is 11.6. The highest BCUT2D eigenvalue weighted by atomic mass is 19.1.